The highest BCUT2D eigenvalue weighted by Gasteiger charge is 2.55. The molecule has 0 radical (unpaired) electrons. The molecule has 6 aromatic rings. The summed E-state index contributed by atoms with van der Waals surface area (Å²) in [4.78, 5) is 69.8. The number of amides is 2. The van der Waals surface area contributed by atoms with Gasteiger partial charge in [-0.25, -0.2) is 9.59 Å². The second-order valence-electron chi connectivity index (χ2n) is 15.8. The van der Waals surface area contributed by atoms with E-state index in [1.54, 1.807) is 66.7 Å². The third kappa shape index (κ3) is 7.69. The van der Waals surface area contributed by atoms with Gasteiger partial charge in [-0.3, -0.25) is 14.2 Å². The lowest BCUT2D eigenvalue weighted by molar-refractivity contribution is -0.268. The van der Waals surface area contributed by atoms with Gasteiger partial charge in [0.15, 0.2) is 11.2 Å². The molecule has 0 aliphatic carbocycles. The number of rotatable bonds is 10. The first-order valence-corrected chi connectivity index (χ1v) is 22.9. The minimum atomic E-state index is -5.09. The van der Waals surface area contributed by atoms with Gasteiger partial charge in [-0.1, -0.05) is 48.5 Å². The van der Waals surface area contributed by atoms with Crippen LogP contribution in [0.3, 0.4) is 0 Å². The quantitative estimate of drug-likeness (QED) is 0.0982. The van der Waals surface area contributed by atoms with E-state index >= 15 is 0 Å². The fourth-order valence-electron chi connectivity index (χ4n) is 9.04. The molecule has 2 spiro atoms. The number of hydrogen-bond acceptors (Lipinski definition) is 14. The minimum Gasteiger partial charge on any atom is -0.872 e. The zero-order valence-corrected chi connectivity index (χ0v) is 37.7. The Morgan fingerprint density at radius 3 is 1.53 bits per heavy atom. The molecule has 3 atom stereocenters. The van der Waals surface area contributed by atoms with Crippen LogP contribution in [0.2, 0.25) is 0 Å². The van der Waals surface area contributed by atoms with Crippen molar-refractivity contribution >= 4 is 31.6 Å². The average Bonchev–Trinajstić information content (AvgIpc) is 3.76. The number of ether oxygens (including phenoxy) is 6. The summed E-state index contributed by atoms with van der Waals surface area (Å²) in [5.74, 6) is 0.179. The largest absolute Gasteiger partial charge is 0.872 e. The molecule has 348 valence electrons. The number of fused-ring (bicyclic) bond motifs is 12. The third-order valence-corrected chi connectivity index (χ3v) is 12.1. The SMILES string of the molecule is CCOc1ccc2c(c1CNC(C)=O)Oc1cc(OP(=O)([O-])O)ccc1C21OC(=O)c2ccccc21.CCOc1ccc2c(c1CNC(C)=O)Oc1cc([O-])ccc1C21OC(=O)c2ccccc21. The highest BCUT2D eigenvalue weighted by molar-refractivity contribution is 7.45. The van der Waals surface area contributed by atoms with E-state index in [4.69, 9.17) is 28.4 Å². The molecule has 0 aromatic heterocycles. The van der Waals surface area contributed by atoms with Crippen LogP contribution < -0.4 is 44.1 Å². The van der Waals surface area contributed by atoms with Gasteiger partial charge in [0.1, 0.15) is 40.2 Å². The van der Waals surface area contributed by atoms with Crippen molar-refractivity contribution in [1.82, 2.24) is 10.6 Å². The zero-order chi connectivity index (χ0) is 48.1. The van der Waals surface area contributed by atoms with Crippen molar-refractivity contribution < 1.29 is 71.6 Å². The van der Waals surface area contributed by atoms with Gasteiger partial charge >= 0.3 is 19.8 Å². The first-order valence-electron chi connectivity index (χ1n) is 21.4. The van der Waals surface area contributed by atoms with Crippen molar-refractivity contribution in [2.24, 2.45) is 0 Å². The van der Waals surface area contributed by atoms with Gasteiger partial charge in [-0.05, 0) is 68.4 Å². The van der Waals surface area contributed by atoms with Gasteiger partial charge in [0.25, 0.3) is 0 Å². The van der Waals surface area contributed by atoms with Crippen LogP contribution >= 0.6 is 7.82 Å². The van der Waals surface area contributed by atoms with Gasteiger partial charge < -0.3 is 58.5 Å². The van der Waals surface area contributed by atoms with Gasteiger partial charge in [0.05, 0.1) is 48.6 Å². The summed E-state index contributed by atoms with van der Waals surface area (Å²) in [6.07, 6.45) is 0. The maximum absolute atomic E-state index is 13.0. The van der Waals surface area contributed by atoms with Crippen LogP contribution in [0.15, 0.2) is 109 Å². The lowest BCUT2D eigenvalue weighted by Gasteiger charge is -2.38. The first-order chi connectivity index (χ1) is 32.6. The molecular weight excluding hydrogens is 900 g/mol. The van der Waals surface area contributed by atoms with E-state index in [0.717, 1.165) is 0 Å². The maximum Gasteiger partial charge on any atom is 0.340 e. The van der Waals surface area contributed by atoms with Crippen molar-refractivity contribution in [2.75, 3.05) is 13.2 Å². The number of nitrogens with one attached hydrogen (secondary N) is 2. The molecule has 2 amide bonds. The molecule has 0 saturated carbocycles. The van der Waals surface area contributed by atoms with Crippen LogP contribution in [0.1, 0.15) is 92.9 Å². The number of phosphoric acid groups is 1. The predicted molar refractivity (Wildman–Crippen MR) is 237 cm³/mol. The van der Waals surface area contributed by atoms with E-state index in [2.05, 4.69) is 15.2 Å². The highest BCUT2D eigenvalue weighted by Crippen LogP contribution is 2.60. The fraction of sp³-hybridized carbons (Fsp3) is 0.200. The van der Waals surface area contributed by atoms with Crippen LogP contribution in [0, 0.1) is 0 Å². The highest BCUT2D eigenvalue weighted by atomic mass is 31.2. The number of phosphoric ester groups is 1. The summed E-state index contributed by atoms with van der Waals surface area (Å²) in [7, 11) is -5.09. The molecule has 68 heavy (non-hydrogen) atoms. The Morgan fingerprint density at radius 1 is 0.632 bits per heavy atom. The minimum absolute atomic E-state index is 0.0530. The van der Waals surface area contributed by atoms with Crippen LogP contribution in [-0.2, 0) is 47.9 Å². The van der Waals surface area contributed by atoms with Crippen molar-refractivity contribution in [3.63, 3.8) is 0 Å². The maximum atomic E-state index is 13.0. The number of carbonyl (C=O) groups excluding carboxylic acids is 4. The molecule has 4 aliphatic heterocycles. The molecule has 0 fully saturated rings. The van der Waals surface area contributed by atoms with Crippen LogP contribution in [-0.4, -0.2) is 41.9 Å². The summed E-state index contributed by atoms with van der Waals surface area (Å²) in [5, 5.41) is 17.7. The van der Waals surface area contributed by atoms with Gasteiger partial charge in [-0.15, -0.1) is 5.75 Å². The van der Waals surface area contributed by atoms with Gasteiger partial charge in [0, 0.05) is 53.3 Å². The molecule has 17 nitrogen and oxygen atoms in total. The van der Waals surface area contributed by atoms with Gasteiger partial charge in [0.2, 0.25) is 11.8 Å². The molecule has 10 rings (SSSR count). The standard InChI is InChI=1S/C25H22NO9P.C25H21NO6/c1-3-32-21-11-10-20-23(17(21)13-26-14(2)27)33-22-12-15(35-36(29,30)31)8-9-19(22)25(20)18-7-5-4-6-16(18)24(28)34-25;1-3-30-21-11-10-20-23(17(21)13-26-14(2)27)31-22-12-15(28)8-9-19(22)25(20)18-7-5-4-6-16(18)24(29)32-25/h4-12H,3,13H2,1-2H3,(H,26,27)(H2,29,30,31);4-12,28H,3,13H2,1-2H3,(H,26,27)/p-2. The zero-order valence-electron chi connectivity index (χ0n) is 36.8. The molecule has 3 N–H and O–H groups in total. The summed E-state index contributed by atoms with van der Waals surface area (Å²) in [5.41, 5.74) is 2.55. The summed E-state index contributed by atoms with van der Waals surface area (Å²) < 4.78 is 52.2. The smallest absolute Gasteiger partial charge is 0.340 e. The normalized spacial score (nSPS) is 18.2. The molecule has 6 aromatic carbocycles. The van der Waals surface area contributed by atoms with E-state index in [9.17, 15) is 38.6 Å². The number of hydrogen-bond donors (Lipinski definition) is 3. The second kappa shape index (κ2) is 17.4. The Hall–Kier alpha value is -7.85. The first kappa shape index (κ1) is 45.3. The Bertz CT molecular complexity index is 3130. The van der Waals surface area contributed by atoms with Crippen LogP contribution in [0.4, 0.5) is 0 Å². The fourth-order valence-corrected chi connectivity index (χ4v) is 9.42. The Labute approximate surface area is 388 Å². The molecular formula is C50H41N2O15P-2. The lowest BCUT2D eigenvalue weighted by atomic mass is 9.77. The van der Waals surface area contributed by atoms with Crippen LogP contribution in [0.5, 0.6) is 46.0 Å². The monoisotopic (exact) mass is 940 g/mol. The third-order valence-electron chi connectivity index (χ3n) is 11.7. The van der Waals surface area contributed by atoms with Gasteiger partial charge in [-0.2, -0.15) is 0 Å². The molecule has 18 heteroatoms. The van der Waals surface area contributed by atoms with E-state index in [1.165, 1.54) is 44.2 Å². The number of esters is 2. The van der Waals surface area contributed by atoms with Crippen molar-refractivity contribution in [1.29, 1.82) is 0 Å². The van der Waals surface area contributed by atoms with Crippen molar-refractivity contribution in [2.45, 2.75) is 52.0 Å². The molecule has 4 heterocycles. The predicted octanol–water partition coefficient (Wildman–Crippen LogP) is 6.49. The Kier molecular flexibility index (Phi) is 11.6. The molecule has 3 unspecified atom stereocenters. The second-order valence-corrected chi connectivity index (χ2v) is 17.0. The van der Waals surface area contributed by atoms with Crippen molar-refractivity contribution in [3.05, 3.63) is 165 Å². The average molecular weight is 941 g/mol. The van der Waals surface area contributed by atoms with Crippen molar-refractivity contribution in [3.8, 4) is 46.0 Å². The van der Waals surface area contributed by atoms with E-state index in [-0.39, 0.29) is 47.9 Å². The summed E-state index contributed by atoms with van der Waals surface area (Å²) in [6.45, 7) is 7.43. The topological polar surface area (TPSA) is 240 Å². The Morgan fingerprint density at radius 2 is 1.07 bits per heavy atom. The van der Waals surface area contributed by atoms with E-state index < -0.39 is 31.0 Å². The number of benzene rings is 6. The molecule has 4 aliphatic rings. The Balaban J connectivity index is 0.000000171. The summed E-state index contributed by atoms with van der Waals surface area (Å²) in [6, 6.07) is 29.7. The molecule has 0 bridgehead atoms. The van der Waals surface area contributed by atoms with E-state index in [0.29, 0.717) is 91.8 Å². The van der Waals surface area contributed by atoms with E-state index in [1.807, 2.05) is 26.0 Å². The lowest BCUT2D eigenvalue weighted by Crippen LogP contribution is -2.34. The molecule has 0 saturated heterocycles. The summed E-state index contributed by atoms with van der Waals surface area (Å²) >= 11 is 0. The van der Waals surface area contributed by atoms with Crippen LogP contribution in [0.25, 0.3) is 0 Å². The number of carbonyl (C=O) groups is 4.